The van der Waals surface area contributed by atoms with E-state index in [0.29, 0.717) is 21.2 Å². The van der Waals surface area contributed by atoms with E-state index in [1.54, 1.807) is 0 Å². The van der Waals surface area contributed by atoms with Gasteiger partial charge in [0.1, 0.15) is 0 Å². The lowest BCUT2D eigenvalue weighted by atomic mass is 10.1. The molecule has 6 aromatic carbocycles. The second kappa shape index (κ2) is 4.55. The van der Waals surface area contributed by atoms with Crippen molar-refractivity contribution >= 4 is 43.1 Å². The van der Waals surface area contributed by atoms with Gasteiger partial charge in [0.2, 0.25) is 0 Å². The van der Waals surface area contributed by atoms with Crippen molar-refractivity contribution < 1.29 is 0 Å². The maximum atomic E-state index is 13.3. The van der Waals surface area contributed by atoms with Crippen LogP contribution in [0.2, 0.25) is 0 Å². The third kappa shape index (κ3) is 1.48. The molecule has 6 rings (SSSR count). The molecule has 0 N–H and O–H groups in total. The van der Waals surface area contributed by atoms with E-state index in [1.807, 2.05) is 72.8 Å². The predicted molar refractivity (Wildman–Crippen MR) is 107 cm³/mol. The highest BCUT2D eigenvalue weighted by Crippen LogP contribution is 2.30. The third-order valence-electron chi connectivity index (χ3n) is 5.54. The summed E-state index contributed by atoms with van der Waals surface area (Å²) in [5.74, 6) is 0. The normalized spacial score (nSPS) is 13.5. The zero-order valence-corrected chi connectivity index (χ0v) is 13.7. The van der Waals surface area contributed by atoms with Crippen LogP contribution in [0.4, 0.5) is 0 Å². The Hall–Kier alpha value is -3.52. The van der Waals surface area contributed by atoms with Gasteiger partial charge in [-0.3, -0.25) is 9.59 Å². The minimum absolute atomic E-state index is 0.0510. The molecule has 0 radical (unpaired) electrons. The molecule has 26 heavy (non-hydrogen) atoms. The van der Waals surface area contributed by atoms with Gasteiger partial charge in [0.25, 0.3) is 0 Å². The Morgan fingerprint density at radius 2 is 0.769 bits per heavy atom. The number of rotatable bonds is 0. The highest BCUT2D eigenvalue weighted by Gasteiger charge is 2.16. The van der Waals surface area contributed by atoms with Crippen LogP contribution in [-0.4, -0.2) is 0 Å². The van der Waals surface area contributed by atoms with Crippen LogP contribution >= 0.6 is 0 Å². The van der Waals surface area contributed by atoms with E-state index in [9.17, 15) is 9.59 Å². The Labute approximate surface area is 147 Å². The van der Waals surface area contributed by atoms with Crippen LogP contribution in [0.5, 0.6) is 0 Å². The first-order chi connectivity index (χ1) is 12.8. The molecule has 6 aromatic rings. The minimum atomic E-state index is -0.0510. The van der Waals surface area contributed by atoms with Crippen molar-refractivity contribution in [3.63, 3.8) is 0 Å². The fraction of sp³-hybridized carbons (Fsp3) is 0. The van der Waals surface area contributed by atoms with E-state index in [-0.39, 0.29) is 10.9 Å². The highest BCUT2D eigenvalue weighted by molar-refractivity contribution is 6.14. The van der Waals surface area contributed by atoms with E-state index in [1.165, 1.54) is 0 Å². The topological polar surface area (TPSA) is 34.1 Å². The SMILES string of the molecule is O=c1c(=c2c(=O)c3cccc4cccc2c43)c2cccc3cccc1c32. The third-order valence-corrected chi connectivity index (χ3v) is 5.54. The molecule has 0 fully saturated rings. The van der Waals surface area contributed by atoms with Crippen molar-refractivity contribution in [3.8, 4) is 0 Å². The summed E-state index contributed by atoms with van der Waals surface area (Å²) in [6, 6.07) is 23.4. The molecule has 0 bridgehead atoms. The minimum Gasteiger partial charge on any atom is -0.289 e. The summed E-state index contributed by atoms with van der Waals surface area (Å²) in [5.41, 5.74) is -0.102. The van der Waals surface area contributed by atoms with E-state index in [0.717, 1.165) is 32.3 Å². The summed E-state index contributed by atoms with van der Waals surface area (Å²) in [4.78, 5) is 26.5. The first kappa shape index (κ1) is 13.7. The van der Waals surface area contributed by atoms with Crippen molar-refractivity contribution in [2.45, 2.75) is 0 Å². The Balaban J connectivity index is 2.13. The quantitative estimate of drug-likeness (QED) is 0.407. The molecule has 2 heteroatoms. The van der Waals surface area contributed by atoms with Crippen molar-refractivity contribution in [2.24, 2.45) is 0 Å². The number of benzene rings is 4. The van der Waals surface area contributed by atoms with Crippen LogP contribution in [0.25, 0.3) is 43.1 Å². The average molecular weight is 332 g/mol. The summed E-state index contributed by atoms with van der Waals surface area (Å²) in [5, 5.41) is 8.20. The van der Waals surface area contributed by atoms with Crippen molar-refractivity contribution in [3.05, 3.63) is 104 Å². The molecule has 0 amide bonds. The van der Waals surface area contributed by atoms with Gasteiger partial charge in [-0.05, 0) is 21.5 Å². The van der Waals surface area contributed by atoms with Gasteiger partial charge in [-0.1, -0.05) is 72.8 Å². The van der Waals surface area contributed by atoms with Crippen LogP contribution in [0, 0.1) is 10.4 Å². The lowest BCUT2D eigenvalue weighted by molar-refractivity contribution is 1.56. The van der Waals surface area contributed by atoms with Gasteiger partial charge in [-0.2, -0.15) is 0 Å². The summed E-state index contributed by atoms with van der Waals surface area (Å²) in [6.45, 7) is 0. The van der Waals surface area contributed by atoms with Crippen LogP contribution in [0.15, 0.2) is 82.4 Å². The molecule has 0 atom stereocenters. The predicted octanol–water partition coefficient (Wildman–Crippen LogP) is 4.62. The lowest BCUT2D eigenvalue weighted by Gasteiger charge is -1.97. The number of hydrogen-bond donors (Lipinski definition) is 0. The van der Waals surface area contributed by atoms with Crippen LogP contribution < -0.4 is 10.9 Å². The molecule has 0 saturated carbocycles. The van der Waals surface area contributed by atoms with Gasteiger partial charge < -0.3 is 0 Å². The molecule has 0 aromatic heterocycles. The van der Waals surface area contributed by atoms with Crippen LogP contribution in [-0.2, 0) is 0 Å². The van der Waals surface area contributed by atoms with Gasteiger partial charge in [-0.15, -0.1) is 0 Å². The molecule has 0 saturated heterocycles. The van der Waals surface area contributed by atoms with Crippen molar-refractivity contribution in [1.29, 1.82) is 0 Å². The van der Waals surface area contributed by atoms with E-state index in [2.05, 4.69) is 0 Å². The van der Waals surface area contributed by atoms with Crippen molar-refractivity contribution in [2.75, 3.05) is 0 Å². The molecular formula is C24H12O2. The van der Waals surface area contributed by atoms with Gasteiger partial charge in [0.05, 0.1) is 0 Å². The fourth-order valence-corrected chi connectivity index (χ4v) is 4.49. The van der Waals surface area contributed by atoms with Gasteiger partial charge in [0, 0.05) is 32.0 Å². The second-order valence-electron chi connectivity index (χ2n) is 6.83. The average Bonchev–Trinajstić information content (AvgIpc) is 3.11. The molecule has 120 valence electrons. The molecule has 0 unspecified atom stereocenters. The summed E-state index contributed by atoms with van der Waals surface area (Å²) >= 11 is 0. The summed E-state index contributed by atoms with van der Waals surface area (Å²) < 4.78 is 0. The van der Waals surface area contributed by atoms with E-state index in [4.69, 9.17) is 0 Å². The monoisotopic (exact) mass is 332 g/mol. The molecule has 0 aliphatic carbocycles. The van der Waals surface area contributed by atoms with Crippen LogP contribution in [0.1, 0.15) is 0 Å². The van der Waals surface area contributed by atoms with E-state index >= 15 is 0 Å². The molecule has 0 spiro atoms. The number of hydrogen-bond acceptors (Lipinski definition) is 2. The smallest absolute Gasteiger partial charge is 0.195 e. The molecule has 0 aliphatic heterocycles. The Morgan fingerprint density at radius 1 is 0.423 bits per heavy atom. The lowest BCUT2D eigenvalue weighted by Crippen LogP contribution is -2.02. The molecular weight excluding hydrogens is 320 g/mol. The zero-order chi connectivity index (χ0) is 17.4. The fourth-order valence-electron chi connectivity index (χ4n) is 4.49. The standard InChI is InChI=1S/C24H12O2/c25-23-17-11-3-7-13-5-1-9-15(19(13)17)21(23)22-16-10-2-6-14-8-4-12-18(20(14)16)24(22)26/h1-12H. The van der Waals surface area contributed by atoms with Crippen LogP contribution in [0.3, 0.4) is 0 Å². The zero-order valence-electron chi connectivity index (χ0n) is 13.7. The Morgan fingerprint density at radius 3 is 1.15 bits per heavy atom. The molecule has 2 nitrogen and oxygen atoms in total. The Kier molecular flexibility index (Phi) is 2.41. The summed E-state index contributed by atoms with van der Waals surface area (Å²) in [6.07, 6.45) is 0. The first-order valence-electron chi connectivity index (χ1n) is 8.63. The van der Waals surface area contributed by atoms with Gasteiger partial charge in [0.15, 0.2) is 10.9 Å². The molecule has 0 heterocycles. The maximum Gasteiger partial charge on any atom is 0.195 e. The summed E-state index contributed by atoms with van der Waals surface area (Å²) in [7, 11) is 0. The maximum absolute atomic E-state index is 13.3. The second-order valence-corrected chi connectivity index (χ2v) is 6.83. The van der Waals surface area contributed by atoms with E-state index < -0.39 is 0 Å². The van der Waals surface area contributed by atoms with Crippen molar-refractivity contribution in [1.82, 2.24) is 0 Å². The largest absolute Gasteiger partial charge is 0.289 e. The first-order valence-corrected chi connectivity index (χ1v) is 8.63. The highest BCUT2D eigenvalue weighted by atomic mass is 16.1. The van der Waals surface area contributed by atoms with Gasteiger partial charge in [-0.25, -0.2) is 0 Å². The molecule has 0 aliphatic rings. The Bertz CT molecular complexity index is 1530. The van der Waals surface area contributed by atoms with Gasteiger partial charge >= 0.3 is 0 Å².